The van der Waals surface area contributed by atoms with Crippen molar-refractivity contribution in [3.63, 3.8) is 0 Å². The molecule has 3 aromatic rings. The first-order chi connectivity index (χ1) is 16.8. The molecule has 0 aliphatic carbocycles. The number of aliphatic imine (C=N–C) groups is 1. The molecule has 1 amide bonds. The number of halogens is 2. The zero-order chi connectivity index (χ0) is 24.9. The first-order valence-corrected chi connectivity index (χ1v) is 12.6. The number of amides is 1. The number of rotatable bonds is 7. The standard InChI is InChI=1S/C27H24Cl2N2O3S/c1-4-33-23-13-19(12-22(29)25(23)34-15-18-5-7-20(28)8-6-18)14-24-26(32)31-27(35-24)30-21-10-16(2)9-17(3)11-21/h5-14H,4,15H2,1-3H3,(H,30,31,32)/b24-14-. The van der Waals surface area contributed by atoms with E-state index < -0.39 is 0 Å². The predicted molar refractivity (Wildman–Crippen MR) is 145 cm³/mol. The van der Waals surface area contributed by atoms with E-state index in [1.54, 1.807) is 12.1 Å². The summed E-state index contributed by atoms with van der Waals surface area (Å²) >= 11 is 13.8. The molecule has 1 aliphatic heterocycles. The van der Waals surface area contributed by atoms with Gasteiger partial charge in [-0.05, 0) is 97.3 Å². The third kappa shape index (κ3) is 6.60. The first kappa shape index (κ1) is 25.2. The average molecular weight is 527 g/mol. The first-order valence-electron chi connectivity index (χ1n) is 11.0. The second-order valence-corrected chi connectivity index (χ2v) is 9.88. The quantitative estimate of drug-likeness (QED) is 0.324. The van der Waals surface area contributed by atoms with Crippen molar-refractivity contribution in [3.8, 4) is 11.5 Å². The molecule has 1 N–H and O–H groups in total. The Labute approximate surface area is 219 Å². The summed E-state index contributed by atoms with van der Waals surface area (Å²) < 4.78 is 11.8. The Kier molecular flexibility index (Phi) is 8.06. The van der Waals surface area contributed by atoms with E-state index in [4.69, 9.17) is 32.7 Å². The summed E-state index contributed by atoms with van der Waals surface area (Å²) in [6.07, 6.45) is 1.77. The van der Waals surface area contributed by atoms with Crippen LogP contribution < -0.4 is 14.8 Å². The number of aryl methyl sites for hydroxylation is 2. The minimum Gasteiger partial charge on any atom is -0.490 e. The Balaban J connectivity index is 1.56. The van der Waals surface area contributed by atoms with Crippen molar-refractivity contribution in [2.24, 2.45) is 4.99 Å². The summed E-state index contributed by atoms with van der Waals surface area (Å²) in [5, 5.41) is 4.41. The Morgan fingerprint density at radius 3 is 2.40 bits per heavy atom. The number of nitrogens with one attached hydrogen (secondary N) is 1. The summed E-state index contributed by atoms with van der Waals surface area (Å²) in [5.41, 5.74) is 4.71. The molecule has 0 atom stereocenters. The van der Waals surface area contributed by atoms with Crippen LogP contribution in [0.1, 0.15) is 29.2 Å². The molecule has 0 spiro atoms. The van der Waals surface area contributed by atoms with Crippen LogP contribution in [0.15, 0.2) is 64.5 Å². The zero-order valence-corrected chi connectivity index (χ0v) is 21.9. The number of ether oxygens (including phenoxy) is 2. The highest BCUT2D eigenvalue weighted by molar-refractivity contribution is 8.18. The Hall–Kier alpha value is -2.93. The molecule has 4 rings (SSSR count). The molecule has 1 saturated heterocycles. The normalized spacial score (nSPS) is 15.5. The Morgan fingerprint density at radius 2 is 1.71 bits per heavy atom. The molecule has 0 saturated carbocycles. The number of thioether (sulfide) groups is 1. The fourth-order valence-corrected chi connectivity index (χ4v) is 4.82. The van der Waals surface area contributed by atoms with Crippen LogP contribution in [0.3, 0.4) is 0 Å². The van der Waals surface area contributed by atoms with Crippen LogP contribution in [-0.4, -0.2) is 17.7 Å². The lowest BCUT2D eigenvalue weighted by molar-refractivity contribution is -0.115. The Bertz CT molecular complexity index is 1300. The van der Waals surface area contributed by atoms with E-state index in [0.717, 1.165) is 27.9 Å². The second kappa shape index (κ2) is 11.2. The van der Waals surface area contributed by atoms with Gasteiger partial charge in [0.1, 0.15) is 6.61 Å². The molecular weight excluding hydrogens is 503 g/mol. The van der Waals surface area contributed by atoms with Crippen molar-refractivity contribution in [2.45, 2.75) is 27.4 Å². The highest BCUT2D eigenvalue weighted by atomic mass is 35.5. The van der Waals surface area contributed by atoms with Gasteiger partial charge in [-0.15, -0.1) is 0 Å². The van der Waals surface area contributed by atoms with Gasteiger partial charge >= 0.3 is 0 Å². The molecule has 0 unspecified atom stereocenters. The summed E-state index contributed by atoms with van der Waals surface area (Å²) in [4.78, 5) is 17.7. The van der Waals surface area contributed by atoms with Gasteiger partial charge in [0.05, 0.1) is 22.2 Å². The molecule has 3 aromatic carbocycles. The van der Waals surface area contributed by atoms with E-state index in [9.17, 15) is 4.79 Å². The molecule has 0 bridgehead atoms. The van der Waals surface area contributed by atoms with Crippen molar-refractivity contribution in [2.75, 3.05) is 6.61 Å². The number of carbonyl (C=O) groups excluding carboxylic acids is 1. The molecule has 0 radical (unpaired) electrons. The monoisotopic (exact) mass is 526 g/mol. The van der Waals surface area contributed by atoms with E-state index >= 15 is 0 Å². The summed E-state index contributed by atoms with van der Waals surface area (Å²) in [6.45, 7) is 6.68. The van der Waals surface area contributed by atoms with Gasteiger partial charge in [-0.1, -0.05) is 41.4 Å². The van der Waals surface area contributed by atoms with E-state index in [2.05, 4.69) is 16.4 Å². The van der Waals surface area contributed by atoms with E-state index in [1.807, 2.05) is 63.2 Å². The van der Waals surface area contributed by atoms with E-state index in [1.165, 1.54) is 11.8 Å². The molecule has 180 valence electrons. The number of hydrogen-bond acceptors (Lipinski definition) is 5. The third-order valence-electron chi connectivity index (χ3n) is 5.01. The zero-order valence-electron chi connectivity index (χ0n) is 19.5. The summed E-state index contributed by atoms with van der Waals surface area (Å²) in [5.74, 6) is 0.745. The molecule has 1 heterocycles. The number of hydrogen-bond donors (Lipinski definition) is 1. The summed E-state index contributed by atoms with van der Waals surface area (Å²) in [7, 11) is 0. The van der Waals surface area contributed by atoms with Crippen LogP contribution in [0.2, 0.25) is 10.0 Å². The van der Waals surface area contributed by atoms with Crippen LogP contribution in [-0.2, 0) is 11.4 Å². The fourth-order valence-electron chi connectivity index (χ4n) is 3.57. The molecule has 35 heavy (non-hydrogen) atoms. The van der Waals surface area contributed by atoms with Gasteiger partial charge < -0.3 is 14.8 Å². The lowest BCUT2D eigenvalue weighted by Crippen LogP contribution is -2.19. The number of benzene rings is 3. The maximum absolute atomic E-state index is 12.6. The van der Waals surface area contributed by atoms with E-state index in [-0.39, 0.29) is 5.91 Å². The smallest absolute Gasteiger partial charge is 0.264 e. The predicted octanol–water partition coefficient (Wildman–Crippen LogP) is 7.48. The average Bonchev–Trinajstić information content (AvgIpc) is 3.12. The molecule has 5 nitrogen and oxygen atoms in total. The van der Waals surface area contributed by atoms with E-state index in [0.29, 0.717) is 44.8 Å². The SMILES string of the molecule is CCOc1cc(/C=C2\SC(=Nc3cc(C)cc(C)c3)NC2=O)cc(Cl)c1OCc1ccc(Cl)cc1. The lowest BCUT2D eigenvalue weighted by atomic mass is 10.1. The molecule has 8 heteroatoms. The van der Waals surface area contributed by atoms with Crippen molar-refractivity contribution in [1.82, 2.24) is 5.32 Å². The maximum Gasteiger partial charge on any atom is 0.264 e. The third-order valence-corrected chi connectivity index (χ3v) is 6.46. The van der Waals surface area contributed by atoms with Crippen LogP contribution in [0, 0.1) is 13.8 Å². The van der Waals surface area contributed by atoms with Crippen molar-refractivity contribution >= 4 is 57.8 Å². The van der Waals surface area contributed by atoms with Gasteiger partial charge in [0.15, 0.2) is 16.7 Å². The van der Waals surface area contributed by atoms with Gasteiger partial charge in [0, 0.05) is 5.02 Å². The number of nitrogens with zero attached hydrogens (tertiary/aromatic N) is 1. The van der Waals surface area contributed by atoms with Gasteiger partial charge in [-0.25, -0.2) is 4.99 Å². The number of carbonyl (C=O) groups is 1. The highest BCUT2D eigenvalue weighted by Gasteiger charge is 2.24. The largest absolute Gasteiger partial charge is 0.490 e. The van der Waals surface area contributed by atoms with Gasteiger partial charge in [-0.2, -0.15) is 0 Å². The van der Waals surface area contributed by atoms with Crippen molar-refractivity contribution in [1.29, 1.82) is 0 Å². The molecule has 0 aromatic heterocycles. The van der Waals surface area contributed by atoms with Crippen molar-refractivity contribution in [3.05, 3.63) is 91.8 Å². The van der Waals surface area contributed by atoms with Gasteiger partial charge in [0.2, 0.25) is 0 Å². The van der Waals surface area contributed by atoms with Gasteiger partial charge in [0.25, 0.3) is 5.91 Å². The van der Waals surface area contributed by atoms with Gasteiger partial charge in [-0.3, -0.25) is 4.79 Å². The van der Waals surface area contributed by atoms with Crippen molar-refractivity contribution < 1.29 is 14.3 Å². The van der Waals surface area contributed by atoms with Crippen LogP contribution in [0.4, 0.5) is 5.69 Å². The fraction of sp³-hybridized carbons (Fsp3) is 0.185. The molecule has 1 fully saturated rings. The Morgan fingerprint density at radius 1 is 1.00 bits per heavy atom. The highest BCUT2D eigenvalue weighted by Crippen LogP contribution is 2.39. The van der Waals surface area contributed by atoms with Crippen LogP contribution in [0.5, 0.6) is 11.5 Å². The minimum atomic E-state index is -0.213. The maximum atomic E-state index is 12.6. The topological polar surface area (TPSA) is 59.9 Å². The van der Waals surface area contributed by atoms with Crippen LogP contribution >= 0.6 is 35.0 Å². The second-order valence-electron chi connectivity index (χ2n) is 8.01. The number of amidine groups is 1. The minimum absolute atomic E-state index is 0.213. The lowest BCUT2D eigenvalue weighted by Gasteiger charge is -2.15. The summed E-state index contributed by atoms with van der Waals surface area (Å²) in [6, 6.07) is 17.0. The van der Waals surface area contributed by atoms with Crippen LogP contribution in [0.25, 0.3) is 6.08 Å². The molecule has 1 aliphatic rings. The molecular formula is C27H24Cl2N2O3S.